The molecule has 0 heterocycles. The number of carbonyl (C=O) groups is 1. The molecule has 1 unspecified atom stereocenters. The molecule has 1 N–H and O–H groups in total. The molecular formula is C22H29NO4. The topological polar surface area (TPSA) is 56.8 Å². The largest absolute Gasteiger partial charge is 0.497 e. The predicted octanol–water partition coefficient (Wildman–Crippen LogP) is 4.39. The van der Waals surface area contributed by atoms with Crippen molar-refractivity contribution in [3.63, 3.8) is 0 Å². The van der Waals surface area contributed by atoms with Crippen LogP contribution in [0.15, 0.2) is 36.4 Å². The fraction of sp³-hybridized carbons (Fsp3) is 0.409. The summed E-state index contributed by atoms with van der Waals surface area (Å²) in [6.45, 7) is 8.24. The van der Waals surface area contributed by atoms with E-state index >= 15 is 0 Å². The van der Waals surface area contributed by atoms with Crippen LogP contribution in [0.1, 0.15) is 49.4 Å². The molecule has 0 aliphatic carbocycles. The van der Waals surface area contributed by atoms with E-state index in [1.165, 1.54) is 11.1 Å². The predicted molar refractivity (Wildman–Crippen MR) is 107 cm³/mol. The van der Waals surface area contributed by atoms with Gasteiger partial charge in [0.15, 0.2) is 6.61 Å². The van der Waals surface area contributed by atoms with E-state index in [-0.39, 0.29) is 18.6 Å². The zero-order valence-corrected chi connectivity index (χ0v) is 17.0. The van der Waals surface area contributed by atoms with Crippen molar-refractivity contribution < 1.29 is 19.0 Å². The minimum Gasteiger partial charge on any atom is -0.497 e. The summed E-state index contributed by atoms with van der Waals surface area (Å²) in [6, 6.07) is 11.2. The third kappa shape index (κ3) is 5.39. The number of nitrogens with one attached hydrogen (secondary N) is 1. The number of ether oxygens (including phenoxy) is 3. The summed E-state index contributed by atoms with van der Waals surface area (Å²) >= 11 is 0. The van der Waals surface area contributed by atoms with Gasteiger partial charge < -0.3 is 19.5 Å². The van der Waals surface area contributed by atoms with Gasteiger partial charge in [0.25, 0.3) is 5.91 Å². The lowest BCUT2D eigenvalue weighted by Gasteiger charge is -2.18. The van der Waals surface area contributed by atoms with Gasteiger partial charge in [0.05, 0.1) is 20.3 Å². The fourth-order valence-corrected chi connectivity index (χ4v) is 3.07. The van der Waals surface area contributed by atoms with Crippen molar-refractivity contribution in [3.8, 4) is 17.2 Å². The normalized spacial score (nSPS) is 11.8. The summed E-state index contributed by atoms with van der Waals surface area (Å²) in [4.78, 5) is 12.3. The van der Waals surface area contributed by atoms with Gasteiger partial charge in [0, 0.05) is 11.6 Å². The lowest BCUT2D eigenvalue weighted by molar-refractivity contribution is -0.123. The molecule has 5 heteroatoms. The van der Waals surface area contributed by atoms with Crippen LogP contribution in [-0.4, -0.2) is 26.7 Å². The summed E-state index contributed by atoms with van der Waals surface area (Å²) in [7, 11) is 3.20. The van der Waals surface area contributed by atoms with Crippen molar-refractivity contribution in [3.05, 3.63) is 53.1 Å². The molecule has 0 saturated heterocycles. The van der Waals surface area contributed by atoms with Gasteiger partial charge >= 0.3 is 0 Å². The Morgan fingerprint density at radius 2 is 1.63 bits per heavy atom. The van der Waals surface area contributed by atoms with E-state index < -0.39 is 0 Å². The van der Waals surface area contributed by atoms with E-state index in [1.807, 2.05) is 31.2 Å². The Balaban J connectivity index is 1.96. The number of aryl methyl sites for hydroxylation is 1. The van der Waals surface area contributed by atoms with E-state index in [0.29, 0.717) is 23.2 Å². The first kappa shape index (κ1) is 20.6. The average molecular weight is 371 g/mol. The number of carbonyl (C=O) groups excluding carboxylic acids is 1. The van der Waals surface area contributed by atoms with Crippen LogP contribution >= 0.6 is 0 Å². The maximum Gasteiger partial charge on any atom is 0.258 e. The number of methoxy groups -OCH3 is 2. The maximum absolute atomic E-state index is 12.3. The van der Waals surface area contributed by atoms with Gasteiger partial charge in [-0.1, -0.05) is 19.9 Å². The standard InChI is InChI=1S/C22H29NO4/c1-14(2)19-9-8-18(11-15(19)3)27-13-22(24)23-16(4)20-10-7-17(25-5)12-21(20)26-6/h7-12,14,16H,13H2,1-6H3,(H,23,24). The van der Waals surface area contributed by atoms with Crippen molar-refractivity contribution in [1.29, 1.82) is 0 Å². The molecule has 0 saturated carbocycles. The molecule has 5 nitrogen and oxygen atoms in total. The van der Waals surface area contributed by atoms with Gasteiger partial charge in [-0.05, 0) is 55.2 Å². The van der Waals surface area contributed by atoms with Crippen LogP contribution in [0.4, 0.5) is 0 Å². The molecule has 0 aliphatic rings. The smallest absolute Gasteiger partial charge is 0.258 e. The van der Waals surface area contributed by atoms with Gasteiger partial charge in [-0.2, -0.15) is 0 Å². The minimum absolute atomic E-state index is 0.0384. The van der Waals surface area contributed by atoms with E-state index in [2.05, 4.69) is 32.2 Å². The van der Waals surface area contributed by atoms with Crippen molar-refractivity contribution in [2.75, 3.05) is 20.8 Å². The number of rotatable bonds is 8. The Kier molecular flexibility index (Phi) is 7.11. The van der Waals surface area contributed by atoms with Crippen LogP contribution in [0.25, 0.3) is 0 Å². The van der Waals surface area contributed by atoms with Crippen LogP contribution in [-0.2, 0) is 4.79 Å². The second-order valence-corrected chi connectivity index (χ2v) is 6.86. The molecule has 2 aromatic rings. The van der Waals surface area contributed by atoms with E-state index in [0.717, 1.165) is 5.56 Å². The van der Waals surface area contributed by atoms with E-state index in [4.69, 9.17) is 14.2 Å². The van der Waals surface area contributed by atoms with Gasteiger partial charge in [-0.25, -0.2) is 0 Å². The van der Waals surface area contributed by atoms with Crippen LogP contribution in [0.3, 0.4) is 0 Å². The first-order valence-corrected chi connectivity index (χ1v) is 9.10. The molecule has 0 spiro atoms. The SMILES string of the molecule is COc1ccc(C(C)NC(=O)COc2ccc(C(C)C)c(C)c2)c(OC)c1. The molecule has 0 aliphatic heterocycles. The molecule has 2 rings (SSSR count). The summed E-state index contributed by atoms with van der Waals surface area (Å²) in [5, 5.41) is 2.94. The van der Waals surface area contributed by atoms with Crippen molar-refractivity contribution in [2.24, 2.45) is 0 Å². The first-order valence-electron chi connectivity index (χ1n) is 9.10. The molecule has 0 fully saturated rings. The van der Waals surface area contributed by atoms with Crippen molar-refractivity contribution in [2.45, 2.75) is 39.7 Å². The Morgan fingerprint density at radius 3 is 2.22 bits per heavy atom. The molecule has 2 aromatic carbocycles. The number of hydrogen-bond donors (Lipinski definition) is 1. The fourth-order valence-electron chi connectivity index (χ4n) is 3.07. The highest BCUT2D eigenvalue weighted by Crippen LogP contribution is 2.29. The zero-order chi connectivity index (χ0) is 20.0. The highest BCUT2D eigenvalue weighted by Gasteiger charge is 2.15. The lowest BCUT2D eigenvalue weighted by atomic mass is 9.98. The Hall–Kier alpha value is -2.69. The Bertz CT molecular complexity index is 786. The minimum atomic E-state index is -0.216. The Labute approximate surface area is 161 Å². The summed E-state index contributed by atoms with van der Waals surface area (Å²) < 4.78 is 16.3. The van der Waals surface area contributed by atoms with Crippen LogP contribution < -0.4 is 19.5 Å². The lowest BCUT2D eigenvalue weighted by Crippen LogP contribution is -2.31. The third-order valence-electron chi connectivity index (χ3n) is 4.52. The molecule has 0 radical (unpaired) electrons. The van der Waals surface area contributed by atoms with Crippen molar-refractivity contribution >= 4 is 5.91 Å². The summed E-state index contributed by atoms with van der Waals surface area (Å²) in [5.74, 6) is 2.34. The van der Waals surface area contributed by atoms with Crippen LogP contribution in [0, 0.1) is 6.92 Å². The maximum atomic E-state index is 12.3. The van der Waals surface area contributed by atoms with E-state index in [1.54, 1.807) is 20.3 Å². The van der Waals surface area contributed by atoms with Gasteiger partial charge in [0.1, 0.15) is 17.2 Å². The van der Waals surface area contributed by atoms with Gasteiger partial charge in [-0.15, -0.1) is 0 Å². The summed E-state index contributed by atoms with van der Waals surface area (Å²) in [5.41, 5.74) is 3.33. The third-order valence-corrected chi connectivity index (χ3v) is 4.52. The van der Waals surface area contributed by atoms with Crippen LogP contribution in [0.2, 0.25) is 0 Å². The summed E-state index contributed by atoms with van der Waals surface area (Å²) in [6.07, 6.45) is 0. The zero-order valence-electron chi connectivity index (χ0n) is 17.0. The highest BCUT2D eigenvalue weighted by molar-refractivity contribution is 5.78. The molecule has 0 bridgehead atoms. The second-order valence-electron chi connectivity index (χ2n) is 6.86. The quantitative estimate of drug-likeness (QED) is 0.748. The average Bonchev–Trinajstić information content (AvgIpc) is 2.65. The number of amides is 1. The molecule has 1 amide bonds. The number of hydrogen-bond acceptors (Lipinski definition) is 4. The van der Waals surface area contributed by atoms with Crippen molar-refractivity contribution in [1.82, 2.24) is 5.32 Å². The molecule has 146 valence electrons. The highest BCUT2D eigenvalue weighted by atomic mass is 16.5. The van der Waals surface area contributed by atoms with E-state index in [9.17, 15) is 4.79 Å². The molecule has 1 atom stereocenters. The molecular weight excluding hydrogens is 342 g/mol. The Morgan fingerprint density at radius 1 is 0.963 bits per heavy atom. The second kappa shape index (κ2) is 9.31. The van der Waals surface area contributed by atoms with Gasteiger partial charge in [0.2, 0.25) is 0 Å². The first-order chi connectivity index (χ1) is 12.8. The number of benzene rings is 2. The monoisotopic (exact) mass is 371 g/mol. The van der Waals surface area contributed by atoms with Crippen LogP contribution in [0.5, 0.6) is 17.2 Å². The molecule has 27 heavy (non-hydrogen) atoms. The molecule has 0 aromatic heterocycles. The van der Waals surface area contributed by atoms with Gasteiger partial charge in [-0.3, -0.25) is 4.79 Å².